The summed E-state index contributed by atoms with van der Waals surface area (Å²) in [5.41, 5.74) is 4.62. The summed E-state index contributed by atoms with van der Waals surface area (Å²) in [6.45, 7) is 1.15. The van der Waals surface area contributed by atoms with Crippen molar-refractivity contribution in [1.82, 2.24) is 9.97 Å². The minimum atomic E-state index is -2.74. The standard InChI is InChI=1S/C9H12F2N4O/c10-8(11)6-3-7(16)14-9(13-6)15-2-1-5(12)4-15/h3,5,8H,1-2,4,12H2,(H,13,14,16)/t5-/m0/s1. The second-order valence-corrected chi connectivity index (χ2v) is 3.79. The highest BCUT2D eigenvalue weighted by atomic mass is 19.3. The van der Waals surface area contributed by atoms with Crippen molar-refractivity contribution in [1.29, 1.82) is 0 Å². The molecule has 0 radical (unpaired) electrons. The molecule has 1 aliphatic rings. The summed E-state index contributed by atoms with van der Waals surface area (Å²) >= 11 is 0. The van der Waals surface area contributed by atoms with E-state index in [1.54, 1.807) is 4.90 Å². The molecule has 1 aliphatic heterocycles. The number of alkyl halides is 2. The number of hydrogen-bond acceptors (Lipinski definition) is 4. The predicted molar refractivity (Wildman–Crippen MR) is 54.6 cm³/mol. The second kappa shape index (κ2) is 4.17. The zero-order chi connectivity index (χ0) is 11.7. The first kappa shape index (κ1) is 11.0. The molecule has 0 bridgehead atoms. The highest BCUT2D eigenvalue weighted by Crippen LogP contribution is 2.18. The molecule has 16 heavy (non-hydrogen) atoms. The molecule has 0 unspecified atom stereocenters. The fourth-order valence-electron chi connectivity index (χ4n) is 1.70. The topological polar surface area (TPSA) is 75.0 Å². The molecule has 3 N–H and O–H groups in total. The zero-order valence-corrected chi connectivity index (χ0v) is 8.49. The van der Waals surface area contributed by atoms with Gasteiger partial charge < -0.3 is 10.6 Å². The molecular formula is C9H12F2N4O. The van der Waals surface area contributed by atoms with E-state index in [0.29, 0.717) is 13.1 Å². The maximum absolute atomic E-state index is 12.4. The van der Waals surface area contributed by atoms with Crippen LogP contribution in [0.15, 0.2) is 10.9 Å². The molecule has 0 saturated carbocycles. The van der Waals surface area contributed by atoms with Gasteiger partial charge in [0.15, 0.2) is 0 Å². The first-order valence-electron chi connectivity index (χ1n) is 4.96. The molecule has 1 fully saturated rings. The van der Waals surface area contributed by atoms with Crippen LogP contribution in [0.3, 0.4) is 0 Å². The Morgan fingerprint density at radius 2 is 2.38 bits per heavy atom. The van der Waals surface area contributed by atoms with Gasteiger partial charge in [-0.1, -0.05) is 0 Å². The monoisotopic (exact) mass is 230 g/mol. The van der Waals surface area contributed by atoms with Crippen molar-refractivity contribution < 1.29 is 8.78 Å². The Kier molecular flexibility index (Phi) is 2.86. The smallest absolute Gasteiger partial charge is 0.280 e. The van der Waals surface area contributed by atoms with Gasteiger partial charge in [0.2, 0.25) is 5.95 Å². The third-order valence-corrected chi connectivity index (χ3v) is 2.50. The maximum atomic E-state index is 12.4. The SMILES string of the molecule is N[C@H]1CCN(c2nc(C(F)F)cc(=O)[nH]2)C1. The molecule has 1 aromatic rings. The van der Waals surface area contributed by atoms with Crippen LogP contribution in [0.25, 0.3) is 0 Å². The highest BCUT2D eigenvalue weighted by molar-refractivity contribution is 5.32. The van der Waals surface area contributed by atoms with Crippen molar-refractivity contribution in [3.8, 4) is 0 Å². The lowest BCUT2D eigenvalue weighted by Crippen LogP contribution is -2.29. The van der Waals surface area contributed by atoms with Crippen molar-refractivity contribution in [2.75, 3.05) is 18.0 Å². The van der Waals surface area contributed by atoms with Crippen LogP contribution in [0.4, 0.5) is 14.7 Å². The first-order chi connectivity index (χ1) is 7.56. The number of rotatable bonds is 2. The number of aromatic amines is 1. The number of anilines is 1. The van der Waals surface area contributed by atoms with E-state index in [2.05, 4.69) is 9.97 Å². The lowest BCUT2D eigenvalue weighted by atomic mass is 10.3. The Morgan fingerprint density at radius 3 is 2.94 bits per heavy atom. The molecule has 88 valence electrons. The van der Waals surface area contributed by atoms with E-state index in [1.165, 1.54) is 0 Å². The summed E-state index contributed by atoms with van der Waals surface area (Å²) < 4.78 is 24.9. The van der Waals surface area contributed by atoms with Crippen molar-refractivity contribution in [3.05, 3.63) is 22.1 Å². The van der Waals surface area contributed by atoms with Gasteiger partial charge in [-0.25, -0.2) is 13.8 Å². The van der Waals surface area contributed by atoms with Crippen molar-refractivity contribution >= 4 is 5.95 Å². The highest BCUT2D eigenvalue weighted by Gasteiger charge is 2.22. The quantitative estimate of drug-likeness (QED) is 0.763. The number of halogens is 2. The van der Waals surface area contributed by atoms with Gasteiger partial charge in [-0.3, -0.25) is 9.78 Å². The largest absolute Gasteiger partial charge is 0.341 e. The van der Waals surface area contributed by atoms with E-state index in [4.69, 9.17) is 5.73 Å². The van der Waals surface area contributed by atoms with Crippen LogP contribution in [-0.2, 0) is 0 Å². The minimum Gasteiger partial charge on any atom is -0.341 e. The molecule has 0 aromatic carbocycles. The summed E-state index contributed by atoms with van der Waals surface area (Å²) in [5, 5.41) is 0. The van der Waals surface area contributed by atoms with Crippen molar-refractivity contribution in [2.24, 2.45) is 5.73 Å². The predicted octanol–water partition coefficient (Wildman–Crippen LogP) is 0.245. The van der Waals surface area contributed by atoms with Crippen LogP contribution in [0.1, 0.15) is 18.5 Å². The number of nitrogens with zero attached hydrogens (tertiary/aromatic N) is 2. The molecule has 7 heteroatoms. The van der Waals surface area contributed by atoms with Crippen LogP contribution in [0.2, 0.25) is 0 Å². The lowest BCUT2D eigenvalue weighted by Gasteiger charge is -2.16. The third-order valence-electron chi connectivity index (χ3n) is 2.50. The van der Waals surface area contributed by atoms with E-state index in [-0.39, 0.29) is 12.0 Å². The van der Waals surface area contributed by atoms with E-state index in [9.17, 15) is 13.6 Å². The molecule has 2 rings (SSSR count). The van der Waals surface area contributed by atoms with Crippen molar-refractivity contribution in [3.63, 3.8) is 0 Å². The molecule has 0 aliphatic carbocycles. The van der Waals surface area contributed by atoms with Gasteiger partial charge in [0, 0.05) is 25.2 Å². The molecule has 0 spiro atoms. The van der Waals surface area contributed by atoms with E-state index < -0.39 is 17.7 Å². The molecule has 5 nitrogen and oxygen atoms in total. The van der Waals surface area contributed by atoms with Crippen LogP contribution in [0, 0.1) is 0 Å². The average molecular weight is 230 g/mol. The summed E-state index contributed by atoms with van der Waals surface area (Å²) in [7, 11) is 0. The molecule has 2 heterocycles. The number of nitrogens with one attached hydrogen (secondary N) is 1. The van der Waals surface area contributed by atoms with Gasteiger partial charge in [-0.05, 0) is 6.42 Å². The maximum Gasteiger partial charge on any atom is 0.280 e. The Bertz CT molecular complexity index is 434. The van der Waals surface area contributed by atoms with E-state index in [1.807, 2.05) is 0 Å². The lowest BCUT2D eigenvalue weighted by molar-refractivity contribution is 0.146. The van der Waals surface area contributed by atoms with Gasteiger partial charge in [0.05, 0.1) is 0 Å². The normalized spacial score (nSPS) is 20.8. The Hall–Kier alpha value is -1.50. The number of aromatic nitrogens is 2. The van der Waals surface area contributed by atoms with Crippen LogP contribution < -0.4 is 16.2 Å². The van der Waals surface area contributed by atoms with E-state index in [0.717, 1.165) is 12.5 Å². The average Bonchev–Trinajstić information content (AvgIpc) is 2.64. The Morgan fingerprint density at radius 1 is 1.62 bits per heavy atom. The minimum absolute atomic E-state index is 0.000471. The van der Waals surface area contributed by atoms with Gasteiger partial charge in [-0.15, -0.1) is 0 Å². The Labute approximate surface area is 90.3 Å². The molecule has 1 saturated heterocycles. The van der Waals surface area contributed by atoms with Crippen LogP contribution in [0.5, 0.6) is 0 Å². The number of hydrogen-bond donors (Lipinski definition) is 2. The van der Waals surface area contributed by atoms with Gasteiger partial charge >= 0.3 is 0 Å². The fraction of sp³-hybridized carbons (Fsp3) is 0.556. The summed E-state index contributed by atoms with van der Waals surface area (Å²) in [5.74, 6) is 0.177. The third kappa shape index (κ3) is 2.19. The van der Waals surface area contributed by atoms with Crippen LogP contribution in [-0.4, -0.2) is 29.1 Å². The molecule has 1 atom stereocenters. The summed E-state index contributed by atoms with van der Waals surface area (Å²) in [6.07, 6.45) is -1.97. The van der Waals surface area contributed by atoms with Gasteiger partial charge in [0.1, 0.15) is 5.69 Å². The number of nitrogens with two attached hydrogens (primary N) is 1. The second-order valence-electron chi connectivity index (χ2n) is 3.79. The van der Waals surface area contributed by atoms with Gasteiger partial charge in [0.25, 0.3) is 12.0 Å². The number of H-pyrrole nitrogens is 1. The fourth-order valence-corrected chi connectivity index (χ4v) is 1.70. The summed E-state index contributed by atoms with van der Waals surface area (Å²) in [6, 6.07) is 0.810. The molecular weight excluding hydrogens is 218 g/mol. The first-order valence-corrected chi connectivity index (χ1v) is 4.96. The Balaban J connectivity index is 2.30. The zero-order valence-electron chi connectivity index (χ0n) is 8.49. The van der Waals surface area contributed by atoms with Crippen LogP contribution >= 0.6 is 0 Å². The van der Waals surface area contributed by atoms with Crippen molar-refractivity contribution in [2.45, 2.75) is 18.9 Å². The molecule has 0 amide bonds. The van der Waals surface area contributed by atoms with E-state index >= 15 is 0 Å². The van der Waals surface area contributed by atoms with Gasteiger partial charge in [-0.2, -0.15) is 0 Å². The summed E-state index contributed by atoms with van der Waals surface area (Å²) in [4.78, 5) is 19.0. The molecule has 1 aromatic heterocycles.